The van der Waals surface area contributed by atoms with Crippen molar-refractivity contribution in [2.24, 2.45) is 0 Å². The van der Waals surface area contributed by atoms with Gasteiger partial charge in [0, 0.05) is 24.6 Å². The Balaban J connectivity index is 2.06. The van der Waals surface area contributed by atoms with Crippen LogP contribution in [0, 0.1) is 20.8 Å². The van der Waals surface area contributed by atoms with Gasteiger partial charge in [-0.2, -0.15) is 9.78 Å². The van der Waals surface area contributed by atoms with E-state index in [2.05, 4.69) is 15.4 Å². The van der Waals surface area contributed by atoms with Gasteiger partial charge in [-0.25, -0.2) is 4.79 Å². The number of nitrogens with one attached hydrogen (secondary N) is 1. The predicted molar refractivity (Wildman–Crippen MR) is 68.3 cm³/mol. The third-order valence-corrected chi connectivity index (χ3v) is 3.04. The number of nitrogens with zero attached hydrogens (tertiary/aromatic N) is 3. The molecule has 18 heavy (non-hydrogen) atoms. The lowest BCUT2D eigenvalue weighted by atomic mass is 10.2. The highest BCUT2D eigenvalue weighted by molar-refractivity contribution is 5.76. The predicted octanol–water partition coefficient (Wildman–Crippen LogP) is 1.96. The SMILES string of the molecule is Cc1nn(C(=O)NCc2ccncc2)c(C)c1C. The minimum absolute atomic E-state index is 0.208. The number of hydrogen-bond donors (Lipinski definition) is 1. The zero-order valence-corrected chi connectivity index (χ0v) is 10.8. The van der Waals surface area contributed by atoms with Gasteiger partial charge in [-0.3, -0.25) is 4.98 Å². The summed E-state index contributed by atoms with van der Waals surface area (Å²) in [4.78, 5) is 15.9. The molecule has 5 heteroatoms. The Kier molecular flexibility index (Phi) is 3.41. The van der Waals surface area contributed by atoms with Crippen molar-refractivity contribution in [3.05, 3.63) is 47.0 Å². The topological polar surface area (TPSA) is 59.8 Å². The lowest BCUT2D eigenvalue weighted by Crippen LogP contribution is -2.29. The first kappa shape index (κ1) is 12.3. The van der Waals surface area contributed by atoms with E-state index in [9.17, 15) is 4.79 Å². The fraction of sp³-hybridized carbons (Fsp3) is 0.308. The Bertz CT molecular complexity index is 560. The molecule has 0 atom stereocenters. The molecule has 2 rings (SSSR count). The fourth-order valence-electron chi connectivity index (χ4n) is 1.67. The summed E-state index contributed by atoms with van der Waals surface area (Å²) in [5.41, 5.74) is 3.82. The smallest absolute Gasteiger partial charge is 0.332 e. The summed E-state index contributed by atoms with van der Waals surface area (Å²) in [5, 5.41) is 7.04. The highest BCUT2D eigenvalue weighted by atomic mass is 16.2. The summed E-state index contributed by atoms with van der Waals surface area (Å²) in [6, 6.07) is 3.53. The summed E-state index contributed by atoms with van der Waals surface area (Å²) >= 11 is 0. The Hall–Kier alpha value is -2.17. The van der Waals surface area contributed by atoms with Crippen LogP contribution in [0.15, 0.2) is 24.5 Å². The first-order valence-corrected chi connectivity index (χ1v) is 5.79. The summed E-state index contributed by atoms with van der Waals surface area (Å²) in [6.45, 7) is 6.22. The lowest BCUT2D eigenvalue weighted by Gasteiger charge is -2.06. The average Bonchev–Trinajstić information content (AvgIpc) is 2.65. The number of rotatable bonds is 2. The maximum Gasteiger partial charge on any atom is 0.342 e. The van der Waals surface area contributed by atoms with Crippen LogP contribution in [-0.4, -0.2) is 20.8 Å². The third kappa shape index (κ3) is 2.40. The Morgan fingerprint density at radius 3 is 2.50 bits per heavy atom. The van der Waals surface area contributed by atoms with E-state index in [4.69, 9.17) is 0 Å². The van der Waals surface area contributed by atoms with E-state index in [-0.39, 0.29) is 6.03 Å². The molecule has 0 unspecified atom stereocenters. The van der Waals surface area contributed by atoms with Crippen LogP contribution < -0.4 is 5.32 Å². The molecule has 2 aromatic heterocycles. The van der Waals surface area contributed by atoms with Gasteiger partial charge in [-0.1, -0.05) is 0 Å². The number of carbonyl (C=O) groups excluding carboxylic acids is 1. The second-order valence-corrected chi connectivity index (χ2v) is 4.22. The lowest BCUT2D eigenvalue weighted by molar-refractivity contribution is 0.238. The van der Waals surface area contributed by atoms with Crippen molar-refractivity contribution >= 4 is 6.03 Å². The fourth-order valence-corrected chi connectivity index (χ4v) is 1.67. The van der Waals surface area contributed by atoms with Crippen molar-refractivity contribution in [1.82, 2.24) is 20.1 Å². The largest absolute Gasteiger partial charge is 0.342 e. The monoisotopic (exact) mass is 244 g/mol. The second kappa shape index (κ2) is 5.00. The van der Waals surface area contributed by atoms with Crippen LogP contribution in [0.2, 0.25) is 0 Å². The summed E-state index contributed by atoms with van der Waals surface area (Å²) in [7, 11) is 0. The van der Waals surface area contributed by atoms with Gasteiger partial charge >= 0.3 is 6.03 Å². The molecule has 0 fully saturated rings. The molecule has 0 spiro atoms. The van der Waals surface area contributed by atoms with Gasteiger partial charge in [0.1, 0.15) is 0 Å². The quantitative estimate of drug-likeness (QED) is 0.878. The summed E-state index contributed by atoms with van der Waals surface area (Å²) in [6.07, 6.45) is 3.41. The van der Waals surface area contributed by atoms with Crippen molar-refractivity contribution in [2.75, 3.05) is 0 Å². The van der Waals surface area contributed by atoms with E-state index >= 15 is 0 Å². The maximum atomic E-state index is 12.0. The normalized spacial score (nSPS) is 10.4. The molecule has 0 radical (unpaired) electrons. The highest BCUT2D eigenvalue weighted by Crippen LogP contribution is 2.10. The maximum absolute atomic E-state index is 12.0. The molecular formula is C13H16N4O. The Morgan fingerprint density at radius 2 is 1.94 bits per heavy atom. The molecular weight excluding hydrogens is 228 g/mol. The van der Waals surface area contributed by atoms with Crippen molar-refractivity contribution in [3.63, 3.8) is 0 Å². The Labute approximate surface area is 106 Å². The van der Waals surface area contributed by atoms with Gasteiger partial charge in [-0.05, 0) is 44.0 Å². The van der Waals surface area contributed by atoms with Crippen molar-refractivity contribution in [2.45, 2.75) is 27.3 Å². The van der Waals surface area contributed by atoms with Gasteiger partial charge < -0.3 is 5.32 Å². The molecule has 0 saturated heterocycles. The molecule has 5 nitrogen and oxygen atoms in total. The minimum Gasteiger partial charge on any atom is -0.332 e. The van der Waals surface area contributed by atoms with Gasteiger partial charge in [0.2, 0.25) is 0 Å². The zero-order valence-electron chi connectivity index (χ0n) is 10.8. The van der Waals surface area contributed by atoms with E-state index in [1.165, 1.54) is 4.68 Å². The highest BCUT2D eigenvalue weighted by Gasteiger charge is 2.12. The molecule has 0 aromatic carbocycles. The van der Waals surface area contributed by atoms with Gasteiger partial charge in [0.15, 0.2) is 0 Å². The number of hydrogen-bond acceptors (Lipinski definition) is 3. The standard InChI is InChI=1S/C13H16N4O/c1-9-10(2)16-17(11(9)3)13(18)15-8-12-4-6-14-7-5-12/h4-7H,8H2,1-3H3,(H,15,18). The summed E-state index contributed by atoms with van der Waals surface area (Å²) < 4.78 is 1.41. The van der Waals surface area contributed by atoms with Crippen LogP contribution in [0.1, 0.15) is 22.5 Å². The van der Waals surface area contributed by atoms with Crippen molar-refractivity contribution in [3.8, 4) is 0 Å². The molecule has 0 aliphatic carbocycles. The molecule has 2 aromatic rings. The van der Waals surface area contributed by atoms with Crippen LogP contribution in [0.3, 0.4) is 0 Å². The number of aryl methyl sites for hydroxylation is 1. The van der Waals surface area contributed by atoms with E-state index < -0.39 is 0 Å². The van der Waals surface area contributed by atoms with E-state index in [1.807, 2.05) is 32.9 Å². The molecule has 1 amide bonds. The average molecular weight is 244 g/mol. The second-order valence-electron chi connectivity index (χ2n) is 4.22. The van der Waals surface area contributed by atoms with E-state index in [1.54, 1.807) is 12.4 Å². The van der Waals surface area contributed by atoms with Gasteiger partial charge in [-0.15, -0.1) is 0 Å². The van der Waals surface area contributed by atoms with Gasteiger partial charge in [0.25, 0.3) is 0 Å². The zero-order chi connectivity index (χ0) is 13.1. The van der Waals surface area contributed by atoms with Crippen LogP contribution in [0.5, 0.6) is 0 Å². The molecule has 0 saturated carbocycles. The molecule has 0 aliphatic heterocycles. The third-order valence-electron chi connectivity index (χ3n) is 3.04. The van der Waals surface area contributed by atoms with Crippen LogP contribution in [-0.2, 0) is 6.54 Å². The van der Waals surface area contributed by atoms with E-state index in [0.717, 1.165) is 22.5 Å². The number of amides is 1. The molecule has 1 N–H and O–H groups in total. The minimum atomic E-state index is -0.208. The first-order valence-electron chi connectivity index (χ1n) is 5.79. The van der Waals surface area contributed by atoms with Crippen LogP contribution in [0.25, 0.3) is 0 Å². The molecule has 0 aliphatic rings. The van der Waals surface area contributed by atoms with Crippen molar-refractivity contribution < 1.29 is 4.79 Å². The summed E-state index contributed by atoms with van der Waals surface area (Å²) in [5.74, 6) is 0. The van der Waals surface area contributed by atoms with E-state index in [0.29, 0.717) is 6.54 Å². The van der Waals surface area contributed by atoms with Crippen molar-refractivity contribution in [1.29, 1.82) is 0 Å². The number of aromatic nitrogens is 3. The molecule has 2 heterocycles. The molecule has 0 bridgehead atoms. The van der Waals surface area contributed by atoms with Crippen LogP contribution >= 0.6 is 0 Å². The molecule has 94 valence electrons. The van der Waals surface area contributed by atoms with Crippen LogP contribution in [0.4, 0.5) is 4.79 Å². The number of carbonyl (C=O) groups is 1. The Morgan fingerprint density at radius 1 is 1.28 bits per heavy atom. The van der Waals surface area contributed by atoms with Gasteiger partial charge in [0.05, 0.1) is 5.69 Å². The first-order chi connectivity index (χ1) is 8.59. The number of pyridine rings is 1.